The number of amides is 2. The van der Waals surface area contributed by atoms with E-state index < -0.39 is 69.4 Å². The van der Waals surface area contributed by atoms with Crippen molar-refractivity contribution in [2.24, 2.45) is 0 Å². The molecular formula is C21H9F9N2O2. The van der Waals surface area contributed by atoms with Crippen molar-refractivity contribution in [3.05, 3.63) is 81.4 Å². The molecule has 4 nitrogen and oxygen atoms in total. The van der Waals surface area contributed by atoms with Gasteiger partial charge in [-0.1, -0.05) is 12.1 Å². The number of alkyl halides is 9. The monoisotopic (exact) mass is 492 g/mol. The molecule has 2 amide bonds. The summed E-state index contributed by atoms with van der Waals surface area (Å²) in [7, 11) is 0. The van der Waals surface area contributed by atoms with Gasteiger partial charge < -0.3 is 10.6 Å². The Labute approximate surface area is 183 Å². The van der Waals surface area contributed by atoms with Crippen LogP contribution in [0.2, 0.25) is 0 Å². The van der Waals surface area contributed by atoms with E-state index in [1.807, 2.05) is 0 Å². The topological polar surface area (TPSA) is 58.2 Å². The number of rotatable bonds is 2. The minimum atomic E-state index is -5.18. The second kappa shape index (κ2) is 7.37. The van der Waals surface area contributed by atoms with Crippen molar-refractivity contribution in [2.75, 3.05) is 0 Å². The molecular weight excluding hydrogens is 483 g/mol. The van der Waals surface area contributed by atoms with Crippen LogP contribution in [0.15, 0.2) is 53.6 Å². The van der Waals surface area contributed by atoms with Crippen LogP contribution in [-0.4, -0.2) is 11.8 Å². The Balaban J connectivity index is 1.92. The SMILES string of the molecule is O=C1NC(c2cc(C(F)(F)F)cc(C(F)(F)F)c2)=C2C(=O)NC(c3cccc(C(F)(F)F)c3)=C12. The molecule has 0 bridgehead atoms. The number of halogens is 9. The van der Waals surface area contributed by atoms with E-state index >= 15 is 0 Å². The van der Waals surface area contributed by atoms with E-state index in [1.165, 1.54) is 0 Å². The lowest BCUT2D eigenvalue weighted by Gasteiger charge is -2.15. The number of carbonyl (C=O) groups excluding carboxylic acids is 2. The van der Waals surface area contributed by atoms with Crippen LogP contribution in [0.1, 0.15) is 27.8 Å². The zero-order valence-electron chi connectivity index (χ0n) is 16.3. The Morgan fingerprint density at radius 2 is 0.941 bits per heavy atom. The van der Waals surface area contributed by atoms with Crippen molar-refractivity contribution in [1.82, 2.24) is 10.6 Å². The molecule has 0 aromatic heterocycles. The summed E-state index contributed by atoms with van der Waals surface area (Å²) in [4.78, 5) is 25.1. The normalized spacial score (nSPS) is 16.7. The molecule has 13 heteroatoms. The average Bonchev–Trinajstić information content (AvgIpc) is 3.24. The lowest BCUT2D eigenvalue weighted by molar-refractivity contribution is -0.143. The minimum Gasteiger partial charge on any atom is -0.321 e. The summed E-state index contributed by atoms with van der Waals surface area (Å²) >= 11 is 0. The number of carbonyl (C=O) groups is 2. The zero-order chi connectivity index (χ0) is 25.2. The molecule has 2 aromatic carbocycles. The van der Waals surface area contributed by atoms with Crippen molar-refractivity contribution in [3.8, 4) is 0 Å². The molecule has 2 aliphatic rings. The number of hydrogen-bond donors (Lipinski definition) is 2. The molecule has 0 fully saturated rings. The van der Waals surface area contributed by atoms with E-state index in [-0.39, 0.29) is 17.3 Å². The molecule has 4 rings (SSSR count). The third kappa shape index (κ3) is 4.01. The van der Waals surface area contributed by atoms with Gasteiger partial charge in [0.2, 0.25) is 0 Å². The van der Waals surface area contributed by atoms with Crippen molar-refractivity contribution in [2.45, 2.75) is 18.5 Å². The predicted octanol–water partition coefficient (Wildman–Crippen LogP) is 5.13. The molecule has 2 aromatic rings. The highest BCUT2D eigenvalue weighted by Gasteiger charge is 2.43. The first kappa shape index (κ1) is 23.4. The number of nitrogens with one attached hydrogen (secondary N) is 2. The second-order valence-electron chi connectivity index (χ2n) is 7.28. The fraction of sp³-hybridized carbons (Fsp3) is 0.143. The molecule has 34 heavy (non-hydrogen) atoms. The highest BCUT2D eigenvalue weighted by molar-refractivity contribution is 6.30. The Morgan fingerprint density at radius 1 is 0.529 bits per heavy atom. The Kier molecular flexibility index (Phi) is 5.07. The van der Waals surface area contributed by atoms with E-state index in [0.29, 0.717) is 18.2 Å². The first-order valence-corrected chi connectivity index (χ1v) is 9.16. The minimum absolute atomic E-state index is 0.120. The van der Waals surface area contributed by atoms with Gasteiger partial charge in [0.15, 0.2) is 0 Å². The molecule has 2 heterocycles. The number of hydrogen-bond acceptors (Lipinski definition) is 2. The Hall–Kier alpha value is -3.77. The van der Waals surface area contributed by atoms with E-state index in [9.17, 15) is 49.1 Å². The Morgan fingerprint density at radius 3 is 1.38 bits per heavy atom. The molecule has 0 radical (unpaired) electrons. The maximum absolute atomic E-state index is 13.2. The van der Waals surface area contributed by atoms with Crippen molar-refractivity contribution < 1.29 is 49.1 Å². The summed E-state index contributed by atoms with van der Waals surface area (Å²) in [5.41, 5.74) is -7.49. The van der Waals surface area contributed by atoms with Gasteiger partial charge in [0.25, 0.3) is 11.8 Å². The summed E-state index contributed by atoms with van der Waals surface area (Å²) in [5, 5.41) is 4.25. The second-order valence-corrected chi connectivity index (χ2v) is 7.28. The van der Waals surface area contributed by atoms with Gasteiger partial charge in [-0.3, -0.25) is 9.59 Å². The summed E-state index contributed by atoms with van der Waals surface area (Å²) < 4.78 is 118. The quantitative estimate of drug-likeness (QED) is 0.572. The smallest absolute Gasteiger partial charge is 0.321 e. The van der Waals surface area contributed by atoms with Gasteiger partial charge in [-0.2, -0.15) is 39.5 Å². The van der Waals surface area contributed by atoms with Gasteiger partial charge >= 0.3 is 18.5 Å². The van der Waals surface area contributed by atoms with Crippen LogP contribution in [0.5, 0.6) is 0 Å². The highest BCUT2D eigenvalue weighted by atomic mass is 19.4. The van der Waals surface area contributed by atoms with E-state index in [0.717, 1.165) is 18.2 Å². The fourth-order valence-corrected chi connectivity index (χ4v) is 3.56. The fourth-order valence-electron chi connectivity index (χ4n) is 3.56. The summed E-state index contributed by atoms with van der Waals surface area (Å²) in [6.45, 7) is 0. The average molecular weight is 492 g/mol. The molecule has 0 atom stereocenters. The highest BCUT2D eigenvalue weighted by Crippen LogP contribution is 2.42. The van der Waals surface area contributed by atoms with Gasteiger partial charge in [-0.25, -0.2) is 0 Å². The van der Waals surface area contributed by atoms with Crippen LogP contribution in [0.3, 0.4) is 0 Å². The van der Waals surface area contributed by atoms with Crippen molar-refractivity contribution in [1.29, 1.82) is 0 Å². The number of fused-ring (bicyclic) bond motifs is 1. The molecule has 0 spiro atoms. The largest absolute Gasteiger partial charge is 0.416 e. The van der Waals surface area contributed by atoms with Crippen LogP contribution >= 0.6 is 0 Å². The molecule has 2 N–H and O–H groups in total. The first-order valence-electron chi connectivity index (χ1n) is 9.16. The van der Waals surface area contributed by atoms with Crippen LogP contribution in [-0.2, 0) is 28.1 Å². The van der Waals surface area contributed by atoms with Crippen LogP contribution in [0.25, 0.3) is 11.4 Å². The third-order valence-corrected chi connectivity index (χ3v) is 5.04. The van der Waals surface area contributed by atoms with Crippen LogP contribution in [0.4, 0.5) is 39.5 Å². The number of benzene rings is 2. The first-order chi connectivity index (χ1) is 15.6. The third-order valence-electron chi connectivity index (χ3n) is 5.04. The Bertz CT molecular complexity index is 1270. The van der Waals surface area contributed by atoms with Gasteiger partial charge in [-0.05, 0) is 35.9 Å². The van der Waals surface area contributed by atoms with Crippen molar-refractivity contribution >= 4 is 23.2 Å². The van der Waals surface area contributed by atoms with Gasteiger partial charge in [-0.15, -0.1) is 0 Å². The maximum Gasteiger partial charge on any atom is 0.416 e. The van der Waals surface area contributed by atoms with Crippen LogP contribution < -0.4 is 10.6 Å². The lowest BCUT2D eigenvalue weighted by Crippen LogP contribution is -2.22. The van der Waals surface area contributed by atoms with E-state index in [1.54, 1.807) is 0 Å². The zero-order valence-corrected chi connectivity index (χ0v) is 16.3. The lowest BCUT2D eigenvalue weighted by atomic mass is 9.98. The molecule has 0 unspecified atom stereocenters. The van der Waals surface area contributed by atoms with E-state index in [4.69, 9.17) is 0 Å². The molecule has 0 aliphatic carbocycles. The molecule has 0 saturated heterocycles. The molecule has 0 saturated carbocycles. The summed E-state index contributed by atoms with van der Waals surface area (Å²) in [5.74, 6) is -2.16. The predicted molar refractivity (Wildman–Crippen MR) is 98.0 cm³/mol. The van der Waals surface area contributed by atoms with Crippen LogP contribution in [0, 0.1) is 0 Å². The summed E-state index contributed by atoms with van der Waals surface area (Å²) in [6, 6.07) is 4.08. The standard InChI is InChI=1S/C21H9F9N2O2/c22-19(23,24)10-3-1-2-8(4-10)15-13-14(18(34)31-15)16(32-17(13)33)9-5-11(20(25,26)27)7-12(6-9)21(28,29)30/h1-7H,(H,31,34)(H,32,33). The maximum atomic E-state index is 13.2. The molecule has 178 valence electrons. The molecule has 2 aliphatic heterocycles. The van der Waals surface area contributed by atoms with E-state index in [2.05, 4.69) is 10.6 Å². The van der Waals surface area contributed by atoms with Gasteiger partial charge in [0.1, 0.15) is 0 Å². The van der Waals surface area contributed by atoms with Crippen molar-refractivity contribution in [3.63, 3.8) is 0 Å². The van der Waals surface area contributed by atoms with Gasteiger partial charge in [0.05, 0.1) is 39.2 Å². The summed E-state index contributed by atoms with van der Waals surface area (Å²) in [6.07, 6.45) is -15.1. The van der Waals surface area contributed by atoms with Gasteiger partial charge in [0, 0.05) is 5.56 Å².